The Morgan fingerprint density at radius 3 is 2.04 bits per heavy atom. The van der Waals surface area contributed by atoms with Crippen molar-refractivity contribution in [3.05, 3.63) is 71.8 Å². The standard InChI is InChI=1S/C21H26N2O2/c24-20(16-23-14-8-3-9-15-23)17-25-22-21(18-10-4-1-5-11-18)19-12-6-2-7-13-19/h1-2,4-7,10-13,20,24H,3,8-9,14-17H2/t20-/m1/s1. The van der Waals surface area contributed by atoms with Crippen molar-refractivity contribution in [3.8, 4) is 0 Å². The Morgan fingerprint density at radius 2 is 1.48 bits per heavy atom. The third-order valence-electron chi connectivity index (χ3n) is 4.43. The summed E-state index contributed by atoms with van der Waals surface area (Å²) in [6.45, 7) is 3.00. The molecule has 0 unspecified atom stereocenters. The van der Waals surface area contributed by atoms with Gasteiger partial charge in [0.2, 0.25) is 0 Å². The summed E-state index contributed by atoms with van der Waals surface area (Å²) >= 11 is 0. The number of rotatable bonds is 7. The Kier molecular flexibility index (Phi) is 6.60. The number of oxime groups is 1. The average molecular weight is 338 g/mol. The first-order valence-electron chi connectivity index (χ1n) is 9.04. The van der Waals surface area contributed by atoms with Crippen LogP contribution in [-0.4, -0.2) is 48.1 Å². The lowest BCUT2D eigenvalue weighted by Crippen LogP contribution is -2.38. The fraction of sp³-hybridized carbons (Fsp3) is 0.381. The molecule has 4 nitrogen and oxygen atoms in total. The Labute approximate surface area is 149 Å². The van der Waals surface area contributed by atoms with Crippen LogP contribution in [0, 0.1) is 0 Å². The lowest BCUT2D eigenvalue weighted by Gasteiger charge is -2.28. The van der Waals surface area contributed by atoms with E-state index < -0.39 is 6.10 Å². The van der Waals surface area contributed by atoms with E-state index >= 15 is 0 Å². The van der Waals surface area contributed by atoms with Gasteiger partial charge >= 0.3 is 0 Å². The van der Waals surface area contributed by atoms with Crippen molar-refractivity contribution >= 4 is 5.71 Å². The van der Waals surface area contributed by atoms with Crippen LogP contribution in [0.3, 0.4) is 0 Å². The van der Waals surface area contributed by atoms with Crippen LogP contribution in [0.1, 0.15) is 30.4 Å². The van der Waals surface area contributed by atoms with Crippen molar-refractivity contribution in [3.63, 3.8) is 0 Å². The molecule has 0 amide bonds. The zero-order valence-electron chi connectivity index (χ0n) is 14.6. The zero-order valence-corrected chi connectivity index (χ0v) is 14.6. The van der Waals surface area contributed by atoms with Crippen LogP contribution in [0.2, 0.25) is 0 Å². The number of hydrogen-bond acceptors (Lipinski definition) is 4. The molecule has 1 heterocycles. The summed E-state index contributed by atoms with van der Waals surface area (Å²) in [5.41, 5.74) is 2.78. The van der Waals surface area contributed by atoms with Gasteiger partial charge in [0.25, 0.3) is 0 Å². The van der Waals surface area contributed by atoms with Gasteiger partial charge in [-0.2, -0.15) is 0 Å². The van der Waals surface area contributed by atoms with Crippen molar-refractivity contribution in [1.82, 2.24) is 4.90 Å². The van der Waals surface area contributed by atoms with E-state index in [1.54, 1.807) is 0 Å². The van der Waals surface area contributed by atoms with Crippen LogP contribution in [-0.2, 0) is 4.84 Å². The molecule has 3 rings (SSSR count). The molecule has 1 aliphatic rings. The topological polar surface area (TPSA) is 45.1 Å². The van der Waals surface area contributed by atoms with Gasteiger partial charge in [0.1, 0.15) is 18.4 Å². The fourth-order valence-electron chi connectivity index (χ4n) is 3.14. The second kappa shape index (κ2) is 9.35. The van der Waals surface area contributed by atoms with Gasteiger partial charge in [-0.1, -0.05) is 72.2 Å². The van der Waals surface area contributed by atoms with Crippen LogP contribution in [0.4, 0.5) is 0 Å². The molecule has 0 saturated carbocycles. The molecule has 1 saturated heterocycles. The molecule has 1 atom stereocenters. The molecule has 2 aromatic carbocycles. The molecule has 0 aliphatic carbocycles. The highest BCUT2D eigenvalue weighted by Crippen LogP contribution is 2.12. The minimum Gasteiger partial charge on any atom is -0.392 e. The predicted octanol–water partition coefficient (Wildman–Crippen LogP) is 3.30. The van der Waals surface area contributed by atoms with Gasteiger partial charge in [-0.25, -0.2) is 0 Å². The predicted molar refractivity (Wildman–Crippen MR) is 101 cm³/mol. The Morgan fingerprint density at radius 1 is 0.920 bits per heavy atom. The second-order valence-corrected chi connectivity index (χ2v) is 6.48. The monoisotopic (exact) mass is 338 g/mol. The lowest BCUT2D eigenvalue weighted by molar-refractivity contribution is 0.0159. The zero-order chi connectivity index (χ0) is 17.3. The number of aliphatic hydroxyl groups is 1. The summed E-state index contributed by atoms with van der Waals surface area (Å²) in [4.78, 5) is 7.82. The van der Waals surface area contributed by atoms with Crippen LogP contribution in [0.25, 0.3) is 0 Å². The van der Waals surface area contributed by atoms with Crippen LogP contribution >= 0.6 is 0 Å². The number of β-amino-alcohol motifs (C(OH)–C–C–N with tert-alkyl or cyclic N) is 1. The van der Waals surface area contributed by atoms with Gasteiger partial charge in [-0.15, -0.1) is 0 Å². The SMILES string of the molecule is O[C@@H](CON=C(c1ccccc1)c1ccccc1)CN1CCCCC1. The third-order valence-corrected chi connectivity index (χ3v) is 4.43. The number of aliphatic hydroxyl groups excluding tert-OH is 1. The van der Waals surface area contributed by atoms with E-state index in [2.05, 4.69) is 10.1 Å². The summed E-state index contributed by atoms with van der Waals surface area (Å²) in [6, 6.07) is 20.0. The highest BCUT2D eigenvalue weighted by Gasteiger charge is 2.15. The average Bonchev–Trinajstić information content (AvgIpc) is 2.67. The Hall–Kier alpha value is -2.17. The van der Waals surface area contributed by atoms with Crippen LogP contribution in [0.15, 0.2) is 65.8 Å². The molecule has 0 bridgehead atoms. The summed E-state index contributed by atoms with van der Waals surface area (Å²) in [6.07, 6.45) is 3.22. The highest BCUT2D eigenvalue weighted by atomic mass is 16.6. The van der Waals surface area contributed by atoms with Gasteiger partial charge in [0, 0.05) is 17.7 Å². The van der Waals surface area contributed by atoms with Gasteiger partial charge in [-0.05, 0) is 25.9 Å². The van der Waals surface area contributed by atoms with Crippen molar-refractivity contribution < 1.29 is 9.94 Å². The Bertz CT molecular complexity index is 611. The van der Waals surface area contributed by atoms with E-state index in [4.69, 9.17) is 4.84 Å². The molecule has 0 spiro atoms. The largest absolute Gasteiger partial charge is 0.392 e. The molecular formula is C21H26N2O2. The van der Waals surface area contributed by atoms with Crippen molar-refractivity contribution in [2.45, 2.75) is 25.4 Å². The van der Waals surface area contributed by atoms with Gasteiger partial charge in [0.05, 0.1) is 0 Å². The van der Waals surface area contributed by atoms with Crippen LogP contribution < -0.4 is 0 Å². The van der Waals surface area contributed by atoms with E-state index in [-0.39, 0.29) is 6.61 Å². The number of benzene rings is 2. The van der Waals surface area contributed by atoms with E-state index in [9.17, 15) is 5.11 Å². The maximum absolute atomic E-state index is 10.2. The first kappa shape index (κ1) is 17.6. The van der Waals surface area contributed by atoms with E-state index in [0.717, 1.165) is 29.9 Å². The smallest absolute Gasteiger partial charge is 0.144 e. The fourth-order valence-corrected chi connectivity index (χ4v) is 3.14. The Balaban J connectivity index is 1.63. The van der Waals surface area contributed by atoms with Gasteiger partial charge in [0.15, 0.2) is 0 Å². The molecule has 1 aliphatic heterocycles. The highest BCUT2D eigenvalue weighted by molar-refractivity contribution is 6.12. The molecule has 4 heteroatoms. The number of piperidine rings is 1. The summed E-state index contributed by atoms with van der Waals surface area (Å²) in [5.74, 6) is 0. The van der Waals surface area contributed by atoms with E-state index in [0.29, 0.717) is 6.54 Å². The second-order valence-electron chi connectivity index (χ2n) is 6.48. The van der Waals surface area contributed by atoms with Crippen molar-refractivity contribution in [2.75, 3.05) is 26.2 Å². The van der Waals surface area contributed by atoms with Gasteiger partial charge in [-0.3, -0.25) is 0 Å². The molecule has 132 valence electrons. The summed E-state index contributed by atoms with van der Waals surface area (Å²) < 4.78 is 0. The number of likely N-dealkylation sites (tertiary alicyclic amines) is 1. The molecular weight excluding hydrogens is 312 g/mol. The maximum Gasteiger partial charge on any atom is 0.144 e. The molecule has 1 fully saturated rings. The maximum atomic E-state index is 10.2. The minimum atomic E-state index is -0.519. The van der Waals surface area contributed by atoms with Gasteiger partial charge < -0.3 is 14.8 Å². The molecule has 25 heavy (non-hydrogen) atoms. The first-order chi connectivity index (χ1) is 12.3. The summed E-state index contributed by atoms with van der Waals surface area (Å²) in [7, 11) is 0. The minimum absolute atomic E-state index is 0.208. The molecule has 2 aromatic rings. The molecule has 0 aromatic heterocycles. The lowest BCUT2D eigenvalue weighted by atomic mass is 10.0. The molecule has 0 radical (unpaired) electrons. The van der Waals surface area contributed by atoms with E-state index in [1.807, 2.05) is 60.7 Å². The molecule has 1 N–H and O–H groups in total. The summed E-state index contributed by atoms with van der Waals surface area (Å²) in [5, 5.41) is 14.6. The van der Waals surface area contributed by atoms with Crippen molar-refractivity contribution in [1.29, 1.82) is 0 Å². The number of hydrogen-bond donors (Lipinski definition) is 1. The van der Waals surface area contributed by atoms with Crippen LogP contribution in [0.5, 0.6) is 0 Å². The third kappa shape index (κ3) is 5.41. The first-order valence-corrected chi connectivity index (χ1v) is 9.04. The van der Waals surface area contributed by atoms with E-state index in [1.165, 1.54) is 19.3 Å². The number of nitrogens with zero attached hydrogens (tertiary/aromatic N) is 2. The normalized spacial score (nSPS) is 16.2. The quantitative estimate of drug-likeness (QED) is 0.622. The van der Waals surface area contributed by atoms with Crippen molar-refractivity contribution in [2.24, 2.45) is 5.16 Å².